The summed E-state index contributed by atoms with van der Waals surface area (Å²) in [6, 6.07) is 0. The Hall–Kier alpha value is -1.85. The van der Waals surface area contributed by atoms with E-state index >= 15 is 0 Å². The lowest BCUT2D eigenvalue weighted by Crippen LogP contribution is -2.13. The van der Waals surface area contributed by atoms with E-state index in [1.54, 1.807) is 0 Å². The fraction of sp³-hybridized carbons (Fsp3) is 0.286. The van der Waals surface area contributed by atoms with Gasteiger partial charge in [0.2, 0.25) is 5.95 Å². The van der Waals surface area contributed by atoms with Gasteiger partial charge in [-0.1, -0.05) is 0 Å². The molecule has 0 saturated carbocycles. The molecule has 6 nitrogen and oxygen atoms in total. The number of nitrogen functional groups attached to an aromatic ring is 1. The van der Waals surface area contributed by atoms with Crippen LogP contribution in [0.25, 0.3) is 11.0 Å². The fourth-order valence-corrected chi connectivity index (χ4v) is 1.62. The van der Waals surface area contributed by atoms with E-state index in [1.807, 2.05) is 0 Å². The summed E-state index contributed by atoms with van der Waals surface area (Å²) < 4.78 is 0. The van der Waals surface area contributed by atoms with Crippen LogP contribution in [-0.4, -0.2) is 26.7 Å². The summed E-state index contributed by atoms with van der Waals surface area (Å²) in [5.41, 5.74) is 7.25. The van der Waals surface area contributed by atoms with Crippen LogP contribution < -0.4 is 11.1 Å². The normalized spacial score (nSPS) is 14.5. The maximum atomic E-state index is 5.52. The van der Waals surface area contributed by atoms with Crippen LogP contribution in [0.5, 0.6) is 0 Å². The first-order chi connectivity index (χ1) is 6.34. The second-order valence-electron chi connectivity index (χ2n) is 3.01. The molecule has 2 aromatic rings. The minimum Gasteiger partial charge on any atom is -0.369 e. The summed E-state index contributed by atoms with van der Waals surface area (Å²) >= 11 is 0. The molecule has 2 aromatic heterocycles. The van der Waals surface area contributed by atoms with E-state index in [9.17, 15) is 0 Å². The van der Waals surface area contributed by atoms with Crippen LogP contribution in [0, 0.1) is 0 Å². The van der Waals surface area contributed by atoms with Gasteiger partial charge in [0.05, 0.1) is 11.1 Å². The van der Waals surface area contributed by atoms with E-state index in [-0.39, 0.29) is 5.95 Å². The standard InChI is InChI=1S/C7H8N6/c8-7-10-5-4-3(1-2-9-5)12-13-6(4)11-7/h1-2H2,(H4,8,9,10,11,12,13). The largest absolute Gasteiger partial charge is 0.369 e. The highest BCUT2D eigenvalue weighted by Crippen LogP contribution is 2.26. The highest BCUT2D eigenvalue weighted by atomic mass is 15.2. The number of aromatic amines is 1. The number of hydrogen-bond donors (Lipinski definition) is 3. The zero-order chi connectivity index (χ0) is 8.84. The van der Waals surface area contributed by atoms with Crippen molar-refractivity contribution in [2.75, 3.05) is 17.6 Å². The maximum absolute atomic E-state index is 5.52. The lowest BCUT2D eigenvalue weighted by Gasteiger charge is -2.12. The monoisotopic (exact) mass is 176 g/mol. The lowest BCUT2D eigenvalue weighted by molar-refractivity contribution is 0.924. The van der Waals surface area contributed by atoms with Crippen LogP contribution in [0.15, 0.2) is 0 Å². The SMILES string of the molecule is Nc1nc2c3c([nH]nc3n1)CCN2. The number of H-pyrrole nitrogens is 1. The Kier molecular flexibility index (Phi) is 1.07. The number of nitrogens with one attached hydrogen (secondary N) is 2. The zero-order valence-electron chi connectivity index (χ0n) is 6.83. The first kappa shape index (κ1) is 6.64. The summed E-state index contributed by atoms with van der Waals surface area (Å²) in [6.07, 6.45) is 0.927. The van der Waals surface area contributed by atoms with Crippen LogP contribution in [-0.2, 0) is 6.42 Å². The van der Waals surface area contributed by atoms with Gasteiger partial charge >= 0.3 is 0 Å². The molecule has 1 aliphatic rings. The Labute approximate surface area is 73.6 Å². The topological polar surface area (TPSA) is 92.5 Å². The molecule has 0 atom stereocenters. The third-order valence-corrected chi connectivity index (χ3v) is 2.17. The fourth-order valence-electron chi connectivity index (χ4n) is 1.62. The van der Waals surface area contributed by atoms with Gasteiger partial charge in [-0.2, -0.15) is 15.1 Å². The van der Waals surface area contributed by atoms with E-state index in [0.717, 1.165) is 29.9 Å². The summed E-state index contributed by atoms with van der Waals surface area (Å²) in [5, 5.41) is 11.1. The van der Waals surface area contributed by atoms with Crippen LogP contribution in [0.2, 0.25) is 0 Å². The van der Waals surface area contributed by atoms with E-state index in [0.29, 0.717) is 5.65 Å². The molecule has 0 aliphatic carbocycles. The van der Waals surface area contributed by atoms with Crippen molar-refractivity contribution in [1.29, 1.82) is 0 Å². The predicted molar refractivity (Wildman–Crippen MR) is 48.3 cm³/mol. The molecular formula is C7H8N6. The van der Waals surface area contributed by atoms with Gasteiger partial charge in [-0.25, -0.2) is 0 Å². The van der Waals surface area contributed by atoms with Crippen molar-refractivity contribution in [3.05, 3.63) is 5.69 Å². The van der Waals surface area contributed by atoms with E-state index in [1.165, 1.54) is 0 Å². The Morgan fingerprint density at radius 2 is 2.23 bits per heavy atom. The molecule has 0 unspecified atom stereocenters. The van der Waals surface area contributed by atoms with Crippen LogP contribution in [0.1, 0.15) is 5.69 Å². The van der Waals surface area contributed by atoms with Crippen LogP contribution in [0.3, 0.4) is 0 Å². The van der Waals surface area contributed by atoms with Crippen LogP contribution >= 0.6 is 0 Å². The van der Waals surface area contributed by atoms with Crippen molar-refractivity contribution in [3.63, 3.8) is 0 Å². The molecule has 4 N–H and O–H groups in total. The summed E-state index contributed by atoms with van der Waals surface area (Å²) in [7, 11) is 0. The van der Waals surface area contributed by atoms with Crippen molar-refractivity contribution in [1.82, 2.24) is 20.2 Å². The number of nitrogens with zero attached hydrogens (tertiary/aromatic N) is 3. The lowest BCUT2D eigenvalue weighted by atomic mass is 10.2. The number of aromatic nitrogens is 4. The van der Waals surface area contributed by atoms with E-state index < -0.39 is 0 Å². The number of nitrogens with two attached hydrogens (primary N) is 1. The molecule has 0 fully saturated rings. The average molecular weight is 176 g/mol. The van der Waals surface area contributed by atoms with Crippen LogP contribution in [0.4, 0.5) is 11.8 Å². The zero-order valence-corrected chi connectivity index (χ0v) is 6.83. The Morgan fingerprint density at radius 3 is 3.15 bits per heavy atom. The van der Waals surface area contributed by atoms with Gasteiger partial charge in [0.15, 0.2) is 5.65 Å². The first-order valence-corrected chi connectivity index (χ1v) is 4.09. The summed E-state index contributed by atoms with van der Waals surface area (Å²) in [5.74, 6) is 1.05. The van der Waals surface area contributed by atoms with Crippen molar-refractivity contribution in [2.24, 2.45) is 0 Å². The predicted octanol–water partition coefficient (Wildman–Crippen LogP) is -0.0969. The third kappa shape index (κ3) is 0.793. The van der Waals surface area contributed by atoms with Gasteiger partial charge in [0, 0.05) is 13.0 Å². The highest BCUT2D eigenvalue weighted by molar-refractivity contribution is 5.90. The first-order valence-electron chi connectivity index (χ1n) is 4.09. The molecule has 6 heteroatoms. The second-order valence-corrected chi connectivity index (χ2v) is 3.01. The minimum atomic E-state index is 0.259. The average Bonchev–Trinajstić information content (AvgIpc) is 2.50. The summed E-state index contributed by atoms with van der Waals surface area (Å²) in [6.45, 7) is 0.862. The van der Waals surface area contributed by atoms with Gasteiger partial charge in [0.1, 0.15) is 5.82 Å². The van der Waals surface area contributed by atoms with E-state index in [4.69, 9.17) is 5.73 Å². The van der Waals surface area contributed by atoms with Gasteiger partial charge in [-0.05, 0) is 0 Å². The molecule has 0 aromatic carbocycles. The Bertz CT molecular complexity index is 473. The highest BCUT2D eigenvalue weighted by Gasteiger charge is 2.17. The maximum Gasteiger partial charge on any atom is 0.224 e. The van der Waals surface area contributed by atoms with E-state index in [2.05, 4.69) is 25.5 Å². The summed E-state index contributed by atoms with van der Waals surface area (Å²) in [4.78, 5) is 8.12. The molecule has 0 amide bonds. The molecular weight excluding hydrogens is 168 g/mol. The molecule has 0 radical (unpaired) electrons. The molecule has 3 rings (SSSR count). The van der Waals surface area contributed by atoms with Crippen molar-refractivity contribution in [2.45, 2.75) is 6.42 Å². The Morgan fingerprint density at radius 1 is 1.31 bits per heavy atom. The molecule has 0 saturated heterocycles. The second kappa shape index (κ2) is 2.09. The molecule has 1 aliphatic heterocycles. The smallest absolute Gasteiger partial charge is 0.224 e. The molecule has 66 valence electrons. The molecule has 13 heavy (non-hydrogen) atoms. The Balaban J connectivity index is 2.47. The minimum absolute atomic E-state index is 0.259. The van der Waals surface area contributed by atoms with Gasteiger partial charge < -0.3 is 11.1 Å². The van der Waals surface area contributed by atoms with Crippen molar-refractivity contribution < 1.29 is 0 Å². The third-order valence-electron chi connectivity index (χ3n) is 2.17. The van der Waals surface area contributed by atoms with Gasteiger partial charge in [0.25, 0.3) is 0 Å². The van der Waals surface area contributed by atoms with Gasteiger partial charge in [-0.15, -0.1) is 0 Å². The number of anilines is 2. The molecule has 3 heterocycles. The van der Waals surface area contributed by atoms with Gasteiger partial charge in [-0.3, -0.25) is 5.10 Å². The quantitative estimate of drug-likeness (QED) is 0.521. The van der Waals surface area contributed by atoms with Crippen molar-refractivity contribution in [3.8, 4) is 0 Å². The number of hydrogen-bond acceptors (Lipinski definition) is 5. The molecule has 0 spiro atoms. The number of rotatable bonds is 0. The molecule has 0 bridgehead atoms. The van der Waals surface area contributed by atoms with Crippen molar-refractivity contribution >= 4 is 22.8 Å².